The predicted molar refractivity (Wildman–Crippen MR) is 68.6 cm³/mol. The first-order chi connectivity index (χ1) is 8.06. The third-order valence-electron chi connectivity index (χ3n) is 2.38. The second-order valence-corrected chi connectivity index (χ2v) is 5.96. The van der Waals surface area contributed by atoms with E-state index in [0.717, 1.165) is 12.8 Å². The van der Waals surface area contributed by atoms with Crippen molar-refractivity contribution < 1.29 is 13.2 Å². The van der Waals surface area contributed by atoms with Crippen LogP contribution in [0, 0.1) is 0 Å². The predicted octanol–water partition coefficient (Wildman–Crippen LogP) is 1.86. The second-order valence-electron chi connectivity index (χ2n) is 3.85. The fourth-order valence-corrected chi connectivity index (χ4v) is 2.43. The highest BCUT2D eigenvalue weighted by Crippen LogP contribution is 2.13. The highest BCUT2D eigenvalue weighted by atomic mass is 32.2. The van der Waals surface area contributed by atoms with Gasteiger partial charge in [0.2, 0.25) is 0 Å². The van der Waals surface area contributed by atoms with Crippen LogP contribution in [0.4, 0.5) is 5.69 Å². The number of anilines is 1. The number of sulfone groups is 1. The van der Waals surface area contributed by atoms with Gasteiger partial charge < -0.3 is 10.5 Å². The molecule has 2 N–H and O–H groups in total. The summed E-state index contributed by atoms with van der Waals surface area (Å²) in [5, 5.41) is 0. The molecule has 0 saturated heterocycles. The molecule has 0 saturated carbocycles. The van der Waals surface area contributed by atoms with Gasteiger partial charge >= 0.3 is 0 Å². The third-order valence-corrected chi connectivity index (χ3v) is 4.07. The van der Waals surface area contributed by atoms with E-state index in [0.29, 0.717) is 17.2 Å². The van der Waals surface area contributed by atoms with Crippen molar-refractivity contribution in [3.8, 4) is 0 Å². The summed E-state index contributed by atoms with van der Waals surface area (Å²) in [7, 11) is -3.24. The van der Waals surface area contributed by atoms with E-state index < -0.39 is 9.84 Å². The summed E-state index contributed by atoms with van der Waals surface area (Å²) in [6.45, 7) is 2.93. The lowest BCUT2D eigenvalue weighted by molar-refractivity contribution is 0.146. The van der Waals surface area contributed by atoms with Gasteiger partial charge in [-0.05, 0) is 30.7 Å². The zero-order valence-corrected chi connectivity index (χ0v) is 10.9. The standard InChI is InChI=1S/C12H19NO3S/c1-2-3-8-16-9-10-17(14,15)12-6-4-11(13)5-7-12/h4-7H,2-3,8-10,13H2,1H3. The van der Waals surface area contributed by atoms with Gasteiger partial charge in [-0.3, -0.25) is 0 Å². The molecule has 1 aromatic rings. The molecule has 0 amide bonds. The molecule has 0 spiro atoms. The van der Waals surface area contributed by atoms with E-state index in [-0.39, 0.29) is 12.4 Å². The summed E-state index contributed by atoms with van der Waals surface area (Å²) >= 11 is 0. The van der Waals surface area contributed by atoms with Gasteiger partial charge in [0.05, 0.1) is 17.3 Å². The highest BCUT2D eigenvalue weighted by molar-refractivity contribution is 7.91. The molecule has 17 heavy (non-hydrogen) atoms. The van der Waals surface area contributed by atoms with Crippen LogP contribution in [-0.2, 0) is 14.6 Å². The van der Waals surface area contributed by atoms with Gasteiger partial charge in [0.15, 0.2) is 9.84 Å². The van der Waals surface area contributed by atoms with Crippen molar-refractivity contribution >= 4 is 15.5 Å². The summed E-state index contributed by atoms with van der Waals surface area (Å²) < 4.78 is 29.0. The average Bonchev–Trinajstić information content (AvgIpc) is 2.29. The maximum Gasteiger partial charge on any atom is 0.180 e. The molecule has 1 rings (SSSR count). The molecule has 0 aromatic heterocycles. The van der Waals surface area contributed by atoms with Crippen LogP contribution in [0.5, 0.6) is 0 Å². The average molecular weight is 257 g/mol. The molecular weight excluding hydrogens is 238 g/mol. The molecule has 96 valence electrons. The van der Waals surface area contributed by atoms with Crippen LogP contribution in [0.2, 0.25) is 0 Å². The van der Waals surface area contributed by atoms with E-state index in [4.69, 9.17) is 10.5 Å². The Kier molecular flexibility index (Phi) is 5.44. The lowest BCUT2D eigenvalue weighted by Crippen LogP contribution is -2.13. The van der Waals surface area contributed by atoms with Gasteiger partial charge in [-0.25, -0.2) is 8.42 Å². The van der Waals surface area contributed by atoms with Crippen LogP contribution in [0.25, 0.3) is 0 Å². The van der Waals surface area contributed by atoms with Gasteiger partial charge in [0.1, 0.15) is 0 Å². The summed E-state index contributed by atoms with van der Waals surface area (Å²) in [4.78, 5) is 0.297. The normalized spacial score (nSPS) is 11.6. The number of hydrogen-bond acceptors (Lipinski definition) is 4. The molecular formula is C12H19NO3S. The minimum absolute atomic E-state index is 0.0145. The van der Waals surface area contributed by atoms with E-state index in [9.17, 15) is 8.42 Å². The van der Waals surface area contributed by atoms with Crippen molar-refractivity contribution in [1.82, 2.24) is 0 Å². The molecule has 0 aliphatic carbocycles. The smallest absolute Gasteiger partial charge is 0.180 e. The van der Waals surface area contributed by atoms with Crippen LogP contribution >= 0.6 is 0 Å². The maximum absolute atomic E-state index is 11.9. The Labute approximate surface area is 103 Å². The SMILES string of the molecule is CCCCOCCS(=O)(=O)c1ccc(N)cc1. The van der Waals surface area contributed by atoms with Gasteiger partial charge in [-0.1, -0.05) is 13.3 Å². The van der Waals surface area contributed by atoms with Crippen LogP contribution < -0.4 is 5.73 Å². The fourth-order valence-electron chi connectivity index (χ4n) is 1.31. The number of ether oxygens (including phenoxy) is 1. The number of unbranched alkanes of at least 4 members (excludes halogenated alkanes) is 1. The molecule has 0 unspecified atom stereocenters. The van der Waals surface area contributed by atoms with Crippen molar-refractivity contribution in [3.05, 3.63) is 24.3 Å². The van der Waals surface area contributed by atoms with Crippen molar-refractivity contribution in [3.63, 3.8) is 0 Å². The van der Waals surface area contributed by atoms with Gasteiger partial charge in [-0.2, -0.15) is 0 Å². The van der Waals surface area contributed by atoms with Gasteiger partial charge in [0, 0.05) is 12.3 Å². The third kappa shape index (κ3) is 4.75. The minimum Gasteiger partial charge on any atom is -0.399 e. The zero-order valence-electron chi connectivity index (χ0n) is 10.1. The lowest BCUT2D eigenvalue weighted by Gasteiger charge is -2.05. The van der Waals surface area contributed by atoms with E-state index in [1.807, 2.05) is 0 Å². The first kappa shape index (κ1) is 14.0. The topological polar surface area (TPSA) is 69.4 Å². The number of benzene rings is 1. The molecule has 0 aliphatic heterocycles. The van der Waals surface area contributed by atoms with Crippen LogP contribution in [0.3, 0.4) is 0 Å². The number of nitrogens with two attached hydrogens (primary N) is 1. The van der Waals surface area contributed by atoms with E-state index in [1.54, 1.807) is 12.1 Å². The molecule has 0 aliphatic rings. The molecule has 0 atom stereocenters. The Morgan fingerprint density at radius 3 is 2.41 bits per heavy atom. The van der Waals surface area contributed by atoms with Gasteiger partial charge in [-0.15, -0.1) is 0 Å². The molecule has 4 nitrogen and oxygen atoms in total. The Bertz CT molecular complexity index is 426. The van der Waals surface area contributed by atoms with Crippen LogP contribution in [-0.4, -0.2) is 27.4 Å². The minimum atomic E-state index is -3.24. The molecule has 0 heterocycles. The maximum atomic E-state index is 11.9. The van der Waals surface area contributed by atoms with Crippen molar-refractivity contribution in [1.29, 1.82) is 0 Å². The van der Waals surface area contributed by atoms with E-state index in [1.165, 1.54) is 12.1 Å². The molecule has 0 bridgehead atoms. The Hall–Kier alpha value is -1.07. The zero-order chi connectivity index (χ0) is 12.7. The van der Waals surface area contributed by atoms with Gasteiger partial charge in [0.25, 0.3) is 0 Å². The summed E-state index contributed by atoms with van der Waals surface area (Å²) in [5.41, 5.74) is 6.06. The molecule has 0 fully saturated rings. The molecule has 1 aromatic carbocycles. The fraction of sp³-hybridized carbons (Fsp3) is 0.500. The Morgan fingerprint density at radius 1 is 1.18 bits per heavy atom. The Morgan fingerprint density at radius 2 is 1.82 bits per heavy atom. The lowest BCUT2D eigenvalue weighted by atomic mass is 10.3. The quantitative estimate of drug-likeness (QED) is 0.598. The van der Waals surface area contributed by atoms with Crippen molar-refractivity contribution in [2.75, 3.05) is 24.7 Å². The van der Waals surface area contributed by atoms with E-state index >= 15 is 0 Å². The first-order valence-electron chi connectivity index (χ1n) is 5.72. The number of rotatable bonds is 7. The summed E-state index contributed by atoms with van der Waals surface area (Å²) in [6, 6.07) is 6.23. The van der Waals surface area contributed by atoms with Crippen LogP contribution in [0.1, 0.15) is 19.8 Å². The molecule has 5 heteroatoms. The first-order valence-corrected chi connectivity index (χ1v) is 7.37. The summed E-state index contributed by atoms with van der Waals surface area (Å²) in [5.74, 6) is 0.0145. The number of nitrogen functional groups attached to an aromatic ring is 1. The van der Waals surface area contributed by atoms with E-state index in [2.05, 4.69) is 6.92 Å². The second kappa shape index (κ2) is 6.61. The van der Waals surface area contributed by atoms with Crippen LogP contribution in [0.15, 0.2) is 29.2 Å². The largest absolute Gasteiger partial charge is 0.399 e. The molecule has 0 radical (unpaired) electrons. The Balaban J connectivity index is 2.48. The summed E-state index contributed by atoms with van der Waals surface area (Å²) in [6.07, 6.45) is 2.01. The van der Waals surface area contributed by atoms with Crippen molar-refractivity contribution in [2.45, 2.75) is 24.7 Å². The monoisotopic (exact) mass is 257 g/mol. The number of hydrogen-bond donors (Lipinski definition) is 1. The highest BCUT2D eigenvalue weighted by Gasteiger charge is 2.13. The van der Waals surface area contributed by atoms with Crippen molar-refractivity contribution in [2.24, 2.45) is 0 Å².